The first-order valence-electron chi connectivity index (χ1n) is 6.55. The summed E-state index contributed by atoms with van der Waals surface area (Å²) in [6.45, 7) is 2.95. The summed E-state index contributed by atoms with van der Waals surface area (Å²) in [4.78, 5) is 11.8. The number of phenolic OH excluding ortho intramolecular Hbond substituents is 1. The fourth-order valence-corrected chi connectivity index (χ4v) is 1.93. The van der Waals surface area contributed by atoms with Gasteiger partial charge in [-0.3, -0.25) is 4.79 Å². The maximum absolute atomic E-state index is 11.8. The molecule has 0 aliphatic heterocycles. The van der Waals surface area contributed by atoms with Gasteiger partial charge in [-0.15, -0.1) is 0 Å². The average Bonchev–Trinajstić information content (AvgIpc) is 2.47. The molecule has 21 heavy (non-hydrogen) atoms. The number of benzene rings is 1. The number of hydrogen-bond acceptors (Lipinski definition) is 5. The minimum Gasteiger partial charge on any atom is -0.504 e. The lowest BCUT2D eigenvalue weighted by Crippen LogP contribution is -2.42. The number of methoxy groups -OCH3 is 2. The smallest absolute Gasteiger partial charge is 0.236 e. The van der Waals surface area contributed by atoms with Crippen molar-refractivity contribution in [2.45, 2.75) is 19.5 Å². The molecule has 1 unspecified atom stereocenters. The van der Waals surface area contributed by atoms with Gasteiger partial charge in [0.05, 0.1) is 19.8 Å². The topological polar surface area (TPSA) is 79.8 Å². The van der Waals surface area contributed by atoms with Crippen LogP contribution in [0, 0.1) is 0 Å². The van der Waals surface area contributed by atoms with Gasteiger partial charge in [-0.2, -0.15) is 0 Å². The van der Waals surface area contributed by atoms with Gasteiger partial charge >= 0.3 is 0 Å². The predicted molar refractivity (Wildman–Crippen MR) is 80.9 cm³/mol. The van der Waals surface area contributed by atoms with Gasteiger partial charge < -0.3 is 25.2 Å². The molecule has 1 rings (SSSR count). The Morgan fingerprint density at radius 3 is 2.76 bits per heavy atom. The predicted octanol–water partition coefficient (Wildman–Crippen LogP) is 1.29. The highest BCUT2D eigenvalue weighted by Crippen LogP contribution is 2.33. The number of phenols is 1. The second-order valence-corrected chi connectivity index (χ2v) is 4.94. The quantitative estimate of drug-likeness (QED) is 0.630. The number of carbonyl (C=O) groups excluding carboxylic acids is 1. The molecule has 0 spiro atoms. The Labute approximate surface area is 129 Å². The number of aromatic hydroxyl groups is 1. The van der Waals surface area contributed by atoms with Crippen molar-refractivity contribution in [3.8, 4) is 11.5 Å². The Hall–Kier alpha value is -1.50. The van der Waals surface area contributed by atoms with Gasteiger partial charge in [-0.25, -0.2) is 0 Å². The molecule has 6 nitrogen and oxygen atoms in total. The third-order valence-electron chi connectivity index (χ3n) is 2.94. The van der Waals surface area contributed by atoms with E-state index in [1.807, 2.05) is 0 Å². The first kappa shape index (κ1) is 17.6. The third-order valence-corrected chi connectivity index (χ3v) is 3.15. The van der Waals surface area contributed by atoms with Gasteiger partial charge in [0.2, 0.25) is 5.91 Å². The number of ether oxygens (including phenoxy) is 2. The first-order valence-corrected chi connectivity index (χ1v) is 6.92. The molecule has 7 heteroatoms. The van der Waals surface area contributed by atoms with Crippen LogP contribution >= 0.6 is 11.6 Å². The SMILES string of the molecule is COCCNC(=O)C(C)NCc1cc(Cl)cc(OC)c1O. The highest BCUT2D eigenvalue weighted by molar-refractivity contribution is 6.30. The molecule has 1 aromatic rings. The molecule has 0 heterocycles. The Balaban J connectivity index is 2.58. The minimum absolute atomic E-state index is 0.0152. The van der Waals surface area contributed by atoms with Crippen LogP contribution in [0.4, 0.5) is 0 Å². The molecule has 0 radical (unpaired) electrons. The van der Waals surface area contributed by atoms with E-state index >= 15 is 0 Å². The zero-order valence-electron chi connectivity index (χ0n) is 12.4. The summed E-state index contributed by atoms with van der Waals surface area (Å²) in [5, 5.41) is 16.2. The van der Waals surface area contributed by atoms with Crippen LogP contribution in [-0.2, 0) is 16.1 Å². The summed E-state index contributed by atoms with van der Waals surface area (Å²) in [7, 11) is 3.03. The van der Waals surface area contributed by atoms with Crippen LogP contribution in [0.25, 0.3) is 0 Å². The van der Waals surface area contributed by atoms with Gasteiger partial charge in [-0.05, 0) is 13.0 Å². The average molecular weight is 317 g/mol. The van der Waals surface area contributed by atoms with Crippen molar-refractivity contribution in [1.29, 1.82) is 0 Å². The van der Waals surface area contributed by atoms with Crippen LogP contribution in [0.15, 0.2) is 12.1 Å². The van der Waals surface area contributed by atoms with E-state index in [-0.39, 0.29) is 11.7 Å². The van der Waals surface area contributed by atoms with Crippen LogP contribution in [0.2, 0.25) is 5.02 Å². The minimum atomic E-state index is -0.411. The fraction of sp³-hybridized carbons (Fsp3) is 0.500. The molecular weight excluding hydrogens is 296 g/mol. The summed E-state index contributed by atoms with van der Waals surface area (Å²) >= 11 is 5.95. The molecule has 0 saturated heterocycles. The fourth-order valence-electron chi connectivity index (χ4n) is 1.70. The van der Waals surface area contributed by atoms with E-state index in [4.69, 9.17) is 21.1 Å². The van der Waals surface area contributed by atoms with Gasteiger partial charge in [0, 0.05) is 36.9 Å². The molecule has 118 valence electrons. The van der Waals surface area contributed by atoms with Crippen molar-refractivity contribution >= 4 is 17.5 Å². The Bertz CT molecular complexity index is 482. The van der Waals surface area contributed by atoms with Crippen LogP contribution in [0.5, 0.6) is 11.5 Å². The number of nitrogens with one attached hydrogen (secondary N) is 2. The molecule has 1 amide bonds. The van der Waals surface area contributed by atoms with Crippen LogP contribution in [0.3, 0.4) is 0 Å². The summed E-state index contributed by atoms with van der Waals surface area (Å²) in [5.41, 5.74) is 0.566. The maximum atomic E-state index is 11.8. The summed E-state index contributed by atoms with van der Waals surface area (Å²) in [5.74, 6) is 0.179. The Morgan fingerprint density at radius 1 is 1.43 bits per heavy atom. The lowest BCUT2D eigenvalue weighted by molar-refractivity contribution is -0.123. The standard InChI is InChI=1S/C14H21ClN2O4/c1-9(14(19)16-4-5-20-2)17-8-10-6-11(15)7-12(21-3)13(10)18/h6-7,9,17-18H,4-5,8H2,1-3H3,(H,16,19). The number of rotatable bonds is 8. The van der Waals surface area contributed by atoms with E-state index in [1.165, 1.54) is 13.2 Å². The molecule has 0 fully saturated rings. The molecule has 0 bridgehead atoms. The van der Waals surface area contributed by atoms with Crippen molar-refractivity contribution in [2.75, 3.05) is 27.4 Å². The zero-order chi connectivity index (χ0) is 15.8. The Morgan fingerprint density at radius 2 is 2.14 bits per heavy atom. The first-order chi connectivity index (χ1) is 9.99. The molecule has 0 aliphatic carbocycles. The molecule has 1 aromatic carbocycles. The van der Waals surface area contributed by atoms with Crippen LogP contribution < -0.4 is 15.4 Å². The highest BCUT2D eigenvalue weighted by atomic mass is 35.5. The van der Waals surface area contributed by atoms with Crippen molar-refractivity contribution in [2.24, 2.45) is 0 Å². The summed E-state index contributed by atoms with van der Waals surface area (Å²) in [6, 6.07) is 2.75. The van der Waals surface area contributed by atoms with E-state index in [0.29, 0.717) is 36.0 Å². The molecule has 0 aliphatic rings. The largest absolute Gasteiger partial charge is 0.504 e. The van der Waals surface area contributed by atoms with Crippen molar-refractivity contribution in [3.63, 3.8) is 0 Å². The van der Waals surface area contributed by atoms with Gasteiger partial charge in [0.15, 0.2) is 11.5 Å². The van der Waals surface area contributed by atoms with Gasteiger partial charge in [0.25, 0.3) is 0 Å². The van der Waals surface area contributed by atoms with Gasteiger partial charge in [0.1, 0.15) is 0 Å². The van der Waals surface area contributed by atoms with Crippen molar-refractivity contribution in [3.05, 3.63) is 22.7 Å². The molecule has 0 aromatic heterocycles. The second-order valence-electron chi connectivity index (χ2n) is 4.50. The van der Waals surface area contributed by atoms with E-state index in [9.17, 15) is 9.90 Å². The number of halogens is 1. The molecule has 1 atom stereocenters. The Kier molecular flexibility index (Phi) is 7.28. The van der Waals surface area contributed by atoms with E-state index < -0.39 is 6.04 Å². The van der Waals surface area contributed by atoms with E-state index in [2.05, 4.69) is 10.6 Å². The van der Waals surface area contributed by atoms with E-state index in [1.54, 1.807) is 20.1 Å². The number of amides is 1. The maximum Gasteiger partial charge on any atom is 0.236 e. The molecule has 0 saturated carbocycles. The summed E-state index contributed by atoms with van der Waals surface area (Å²) in [6.07, 6.45) is 0. The van der Waals surface area contributed by atoms with Crippen molar-refractivity contribution in [1.82, 2.24) is 10.6 Å². The highest BCUT2D eigenvalue weighted by Gasteiger charge is 2.14. The zero-order valence-corrected chi connectivity index (χ0v) is 13.2. The lowest BCUT2D eigenvalue weighted by Gasteiger charge is -2.15. The van der Waals surface area contributed by atoms with Crippen molar-refractivity contribution < 1.29 is 19.4 Å². The number of carbonyl (C=O) groups is 1. The normalized spacial score (nSPS) is 12.0. The molecule has 3 N–H and O–H groups in total. The van der Waals surface area contributed by atoms with E-state index in [0.717, 1.165) is 0 Å². The molecular formula is C14H21ClN2O4. The lowest BCUT2D eigenvalue weighted by atomic mass is 10.1. The monoisotopic (exact) mass is 316 g/mol. The second kappa shape index (κ2) is 8.71. The third kappa shape index (κ3) is 5.41. The summed E-state index contributed by atoms with van der Waals surface area (Å²) < 4.78 is 9.89. The van der Waals surface area contributed by atoms with Crippen LogP contribution in [0.1, 0.15) is 12.5 Å². The van der Waals surface area contributed by atoms with Crippen LogP contribution in [-0.4, -0.2) is 44.4 Å². The number of hydrogen-bond donors (Lipinski definition) is 3. The van der Waals surface area contributed by atoms with Gasteiger partial charge in [-0.1, -0.05) is 11.6 Å².